The first-order chi connectivity index (χ1) is 13.8. The molecular weight excluding hydrogens is 432 g/mol. The predicted molar refractivity (Wildman–Crippen MR) is 118 cm³/mol. The lowest BCUT2D eigenvalue weighted by Gasteiger charge is -2.18. The van der Waals surface area contributed by atoms with Gasteiger partial charge in [0, 0.05) is 5.02 Å². The number of benzene rings is 2. The Kier molecular flexibility index (Phi) is 9.29. The zero-order valence-corrected chi connectivity index (χ0v) is 18.7. The maximum absolute atomic E-state index is 12.6. The van der Waals surface area contributed by atoms with Crippen molar-refractivity contribution in [1.82, 2.24) is 10.0 Å². The highest BCUT2D eigenvalue weighted by Crippen LogP contribution is 2.15. The number of ether oxygens (including phenoxy) is 1. The van der Waals surface area contributed by atoms with Gasteiger partial charge in [0.15, 0.2) is 0 Å². The molecule has 2 aromatic carbocycles. The van der Waals surface area contributed by atoms with E-state index in [-0.39, 0.29) is 24.0 Å². The van der Waals surface area contributed by atoms with Crippen LogP contribution in [0.1, 0.15) is 12.0 Å². The molecule has 2 rings (SSSR count). The van der Waals surface area contributed by atoms with Crippen LogP contribution in [0.3, 0.4) is 0 Å². The van der Waals surface area contributed by atoms with Gasteiger partial charge in [0.05, 0.1) is 11.4 Å². The Morgan fingerprint density at radius 3 is 2.41 bits per heavy atom. The molecule has 0 aliphatic carbocycles. The molecule has 2 N–H and O–H groups in total. The summed E-state index contributed by atoms with van der Waals surface area (Å²) in [4.78, 5) is 12.6. The van der Waals surface area contributed by atoms with E-state index in [2.05, 4.69) is 10.0 Å². The highest BCUT2D eigenvalue weighted by Gasteiger charge is 2.25. The number of hydrogen-bond acceptors (Lipinski definition) is 5. The van der Waals surface area contributed by atoms with E-state index < -0.39 is 16.1 Å². The van der Waals surface area contributed by atoms with E-state index in [0.29, 0.717) is 22.9 Å². The van der Waals surface area contributed by atoms with Gasteiger partial charge >= 0.3 is 0 Å². The second-order valence-electron chi connectivity index (χ2n) is 6.36. The Hall–Kier alpha value is -1.74. The molecule has 1 unspecified atom stereocenters. The molecule has 0 fully saturated rings. The van der Waals surface area contributed by atoms with Gasteiger partial charge in [-0.2, -0.15) is 16.5 Å². The molecule has 2 aromatic rings. The van der Waals surface area contributed by atoms with Crippen LogP contribution in [0.5, 0.6) is 5.75 Å². The van der Waals surface area contributed by atoms with Crippen LogP contribution < -0.4 is 14.8 Å². The number of sulfonamides is 1. The Labute approximate surface area is 181 Å². The molecule has 0 bridgehead atoms. The predicted octanol–water partition coefficient (Wildman–Crippen LogP) is 3.24. The van der Waals surface area contributed by atoms with Crippen molar-refractivity contribution in [3.8, 4) is 5.75 Å². The lowest BCUT2D eigenvalue weighted by Crippen LogP contribution is -2.47. The molecule has 29 heavy (non-hydrogen) atoms. The zero-order valence-electron chi connectivity index (χ0n) is 16.4. The van der Waals surface area contributed by atoms with Gasteiger partial charge in [-0.3, -0.25) is 4.79 Å². The van der Waals surface area contributed by atoms with Crippen LogP contribution in [-0.2, 0) is 14.8 Å². The topological polar surface area (TPSA) is 84.5 Å². The van der Waals surface area contributed by atoms with E-state index in [1.165, 1.54) is 24.3 Å². The minimum Gasteiger partial charge on any atom is -0.492 e. The van der Waals surface area contributed by atoms with Gasteiger partial charge in [-0.15, -0.1) is 0 Å². The zero-order chi connectivity index (χ0) is 21.3. The molecule has 0 heterocycles. The van der Waals surface area contributed by atoms with Crippen molar-refractivity contribution < 1.29 is 17.9 Å². The molecule has 0 aliphatic rings. The van der Waals surface area contributed by atoms with Crippen molar-refractivity contribution >= 4 is 39.3 Å². The summed E-state index contributed by atoms with van der Waals surface area (Å²) in [5, 5.41) is 3.17. The van der Waals surface area contributed by atoms with Crippen LogP contribution >= 0.6 is 23.4 Å². The second-order valence-corrected chi connectivity index (χ2v) is 9.50. The van der Waals surface area contributed by atoms with Gasteiger partial charge in [-0.05, 0) is 61.8 Å². The normalized spacial score (nSPS) is 12.4. The largest absolute Gasteiger partial charge is 0.492 e. The first kappa shape index (κ1) is 23.5. The molecule has 1 amide bonds. The van der Waals surface area contributed by atoms with Crippen LogP contribution in [0.2, 0.25) is 5.02 Å². The van der Waals surface area contributed by atoms with Gasteiger partial charge in [-0.1, -0.05) is 29.3 Å². The number of thioether (sulfide) groups is 1. The summed E-state index contributed by atoms with van der Waals surface area (Å²) in [6.07, 6.45) is 2.27. The first-order valence-electron chi connectivity index (χ1n) is 9.06. The molecule has 0 radical (unpaired) electrons. The fourth-order valence-electron chi connectivity index (χ4n) is 2.45. The summed E-state index contributed by atoms with van der Waals surface area (Å²) in [5.41, 5.74) is 1.13. The molecule has 1 atom stereocenters. The SMILES string of the molecule is CSCCC(NS(=O)(=O)c1ccc(Cl)cc1)C(=O)NCCOc1ccc(C)cc1. The van der Waals surface area contributed by atoms with Crippen LogP contribution in [0, 0.1) is 6.92 Å². The highest BCUT2D eigenvalue weighted by atomic mass is 35.5. The van der Waals surface area contributed by atoms with Crippen LogP contribution in [0.4, 0.5) is 0 Å². The molecule has 158 valence electrons. The third-order valence-corrected chi connectivity index (χ3v) is 6.42. The van der Waals surface area contributed by atoms with E-state index in [0.717, 1.165) is 5.56 Å². The lowest BCUT2D eigenvalue weighted by atomic mass is 10.2. The minimum absolute atomic E-state index is 0.0616. The molecule has 0 saturated heterocycles. The molecule has 0 aliphatic heterocycles. The smallest absolute Gasteiger partial charge is 0.241 e. The van der Waals surface area contributed by atoms with Crippen molar-refractivity contribution in [3.63, 3.8) is 0 Å². The average Bonchev–Trinajstić information content (AvgIpc) is 2.70. The minimum atomic E-state index is -3.84. The number of amides is 1. The fourth-order valence-corrected chi connectivity index (χ4v) is 4.28. The van der Waals surface area contributed by atoms with E-state index in [9.17, 15) is 13.2 Å². The lowest BCUT2D eigenvalue weighted by molar-refractivity contribution is -0.122. The number of rotatable bonds is 11. The quantitative estimate of drug-likeness (QED) is 0.507. The van der Waals surface area contributed by atoms with Crippen molar-refractivity contribution in [2.75, 3.05) is 25.2 Å². The summed E-state index contributed by atoms with van der Waals surface area (Å²) in [7, 11) is -3.84. The molecule has 0 saturated carbocycles. The van der Waals surface area contributed by atoms with Crippen LogP contribution in [-0.4, -0.2) is 45.5 Å². The Morgan fingerprint density at radius 2 is 1.79 bits per heavy atom. The Balaban J connectivity index is 1.92. The number of aryl methyl sites for hydroxylation is 1. The van der Waals surface area contributed by atoms with Crippen molar-refractivity contribution in [1.29, 1.82) is 0 Å². The van der Waals surface area contributed by atoms with Crippen LogP contribution in [0.15, 0.2) is 53.4 Å². The number of nitrogens with one attached hydrogen (secondary N) is 2. The van der Waals surface area contributed by atoms with Crippen molar-refractivity contribution in [2.24, 2.45) is 0 Å². The first-order valence-corrected chi connectivity index (χ1v) is 12.3. The van der Waals surface area contributed by atoms with Gasteiger partial charge in [0.25, 0.3) is 0 Å². The molecule has 0 spiro atoms. The van der Waals surface area contributed by atoms with Crippen molar-refractivity contribution in [2.45, 2.75) is 24.3 Å². The maximum atomic E-state index is 12.6. The van der Waals surface area contributed by atoms with Crippen molar-refractivity contribution in [3.05, 3.63) is 59.1 Å². The second kappa shape index (κ2) is 11.4. The molecular formula is C20H25ClN2O4S2. The third-order valence-electron chi connectivity index (χ3n) is 4.04. The standard InChI is InChI=1S/C20H25ClN2O4S2/c1-15-3-7-17(8-4-15)27-13-12-22-20(24)19(11-14-28-2)23-29(25,26)18-9-5-16(21)6-10-18/h3-10,19,23H,11-14H2,1-2H3,(H,22,24). The van der Waals surface area contributed by atoms with Gasteiger partial charge in [-0.25, -0.2) is 8.42 Å². The number of carbonyl (C=O) groups is 1. The molecule has 6 nitrogen and oxygen atoms in total. The van der Waals surface area contributed by atoms with Crippen LogP contribution in [0.25, 0.3) is 0 Å². The van der Waals surface area contributed by atoms with E-state index in [1.54, 1.807) is 11.8 Å². The number of halogens is 1. The summed E-state index contributed by atoms with van der Waals surface area (Å²) < 4.78 is 33.3. The fraction of sp³-hybridized carbons (Fsp3) is 0.350. The van der Waals surface area contributed by atoms with Gasteiger partial charge < -0.3 is 10.1 Å². The van der Waals surface area contributed by atoms with Gasteiger partial charge in [0.1, 0.15) is 18.4 Å². The van der Waals surface area contributed by atoms with E-state index in [4.69, 9.17) is 16.3 Å². The molecule has 0 aromatic heterocycles. The Bertz CT molecular complexity index is 888. The summed E-state index contributed by atoms with van der Waals surface area (Å²) in [6.45, 7) is 2.54. The number of hydrogen-bond donors (Lipinski definition) is 2. The average molecular weight is 457 g/mol. The summed E-state index contributed by atoms with van der Waals surface area (Å²) >= 11 is 7.36. The van der Waals surface area contributed by atoms with E-state index >= 15 is 0 Å². The summed E-state index contributed by atoms with van der Waals surface area (Å²) in [6, 6.07) is 12.5. The monoisotopic (exact) mass is 456 g/mol. The maximum Gasteiger partial charge on any atom is 0.241 e. The molecule has 9 heteroatoms. The third kappa shape index (κ3) is 7.89. The number of carbonyl (C=O) groups excluding carboxylic acids is 1. The van der Waals surface area contributed by atoms with Gasteiger partial charge in [0.2, 0.25) is 15.9 Å². The summed E-state index contributed by atoms with van der Waals surface area (Å²) in [5.74, 6) is 0.970. The Morgan fingerprint density at radius 1 is 1.14 bits per heavy atom. The highest BCUT2D eigenvalue weighted by molar-refractivity contribution is 7.98. The van der Waals surface area contributed by atoms with E-state index in [1.807, 2.05) is 37.4 Å².